The monoisotopic (exact) mass is 576 g/mol. The predicted octanol–water partition coefficient (Wildman–Crippen LogP) is 5.20. The molecule has 1 aliphatic rings. The lowest BCUT2D eigenvalue weighted by Gasteiger charge is -2.29. The Morgan fingerprint density at radius 3 is 2.15 bits per heavy atom. The Hall–Kier alpha value is -3.85. The van der Waals surface area contributed by atoms with Gasteiger partial charge in [0, 0.05) is 50.6 Å². The molecule has 0 radical (unpaired) electrons. The van der Waals surface area contributed by atoms with Crippen molar-refractivity contribution in [3.63, 3.8) is 0 Å². The van der Waals surface area contributed by atoms with E-state index in [9.17, 15) is 18.0 Å². The van der Waals surface area contributed by atoms with Crippen LogP contribution in [0.4, 0.5) is 11.4 Å². The molecule has 0 saturated carbocycles. The number of amides is 2. The van der Waals surface area contributed by atoms with Crippen molar-refractivity contribution in [1.29, 1.82) is 0 Å². The Kier molecular flexibility index (Phi) is 10.0. The minimum absolute atomic E-state index is 0.130. The van der Waals surface area contributed by atoms with Crippen LogP contribution in [0.3, 0.4) is 0 Å². The number of anilines is 2. The first-order valence-corrected chi connectivity index (χ1v) is 15.9. The van der Waals surface area contributed by atoms with Gasteiger partial charge < -0.3 is 14.7 Å². The zero-order valence-corrected chi connectivity index (χ0v) is 24.9. The van der Waals surface area contributed by atoms with Crippen LogP contribution in [-0.4, -0.2) is 69.3 Å². The first-order chi connectivity index (χ1) is 19.8. The van der Waals surface area contributed by atoms with E-state index in [1.54, 1.807) is 35.2 Å². The summed E-state index contributed by atoms with van der Waals surface area (Å²) in [5, 5.41) is 0. The number of sulfonamides is 1. The fourth-order valence-electron chi connectivity index (χ4n) is 5.38. The van der Waals surface area contributed by atoms with Crippen molar-refractivity contribution in [3.8, 4) is 0 Å². The van der Waals surface area contributed by atoms with Crippen LogP contribution in [0.5, 0.6) is 0 Å². The van der Waals surface area contributed by atoms with Gasteiger partial charge in [-0.15, -0.1) is 0 Å². The first kappa shape index (κ1) is 30.1. The Bertz CT molecular complexity index is 1430. The summed E-state index contributed by atoms with van der Waals surface area (Å²) in [6.07, 6.45) is 1.49. The normalized spacial score (nSPS) is 14.7. The molecule has 4 rings (SSSR count). The standard InChI is InChI=1S/C32H40N4O4S/c1-4-28(25-14-9-7-10-15-25)31(37)36-21-13-20-35(22-23-36)30-19-18-26(24-29(30)32(38)34(5-2)6-3)33-41(39,40)27-16-11-8-12-17-27/h7-12,14-19,24,28,33H,4-6,13,20-23H2,1-3H3/t28-/m1/s1. The summed E-state index contributed by atoms with van der Waals surface area (Å²) in [5.41, 5.74) is 2.54. The van der Waals surface area contributed by atoms with Crippen LogP contribution >= 0.6 is 0 Å². The van der Waals surface area contributed by atoms with Crippen molar-refractivity contribution in [3.05, 3.63) is 90.0 Å². The van der Waals surface area contributed by atoms with E-state index in [0.29, 0.717) is 50.5 Å². The first-order valence-electron chi connectivity index (χ1n) is 14.4. The topological polar surface area (TPSA) is 90.0 Å². The Morgan fingerprint density at radius 2 is 1.51 bits per heavy atom. The maximum Gasteiger partial charge on any atom is 0.261 e. The SMILES string of the molecule is CC[C@@H](C(=O)N1CCCN(c2ccc(NS(=O)(=O)c3ccccc3)cc2C(=O)N(CC)CC)CC1)c1ccccc1. The Labute approximate surface area is 244 Å². The summed E-state index contributed by atoms with van der Waals surface area (Å²) in [5.74, 6) is -0.205. The second-order valence-corrected chi connectivity index (χ2v) is 11.8. The molecular weight excluding hydrogens is 536 g/mol. The largest absolute Gasteiger partial charge is 0.369 e. The Balaban J connectivity index is 1.59. The van der Waals surface area contributed by atoms with Crippen LogP contribution < -0.4 is 9.62 Å². The minimum Gasteiger partial charge on any atom is -0.369 e. The lowest BCUT2D eigenvalue weighted by molar-refractivity contribution is -0.132. The van der Waals surface area contributed by atoms with Crippen LogP contribution in [0.2, 0.25) is 0 Å². The molecule has 1 heterocycles. The van der Waals surface area contributed by atoms with E-state index in [1.165, 1.54) is 12.1 Å². The van der Waals surface area contributed by atoms with Gasteiger partial charge in [-0.25, -0.2) is 8.42 Å². The predicted molar refractivity (Wildman–Crippen MR) is 164 cm³/mol. The molecule has 0 bridgehead atoms. The summed E-state index contributed by atoms with van der Waals surface area (Å²) in [6.45, 7) is 9.41. The average Bonchev–Trinajstić information content (AvgIpc) is 3.25. The highest BCUT2D eigenvalue weighted by molar-refractivity contribution is 7.92. The molecule has 41 heavy (non-hydrogen) atoms. The van der Waals surface area contributed by atoms with Gasteiger partial charge in [-0.3, -0.25) is 14.3 Å². The fourth-order valence-corrected chi connectivity index (χ4v) is 6.45. The maximum atomic E-state index is 13.7. The minimum atomic E-state index is -3.81. The highest BCUT2D eigenvalue weighted by Crippen LogP contribution is 2.29. The van der Waals surface area contributed by atoms with Gasteiger partial charge in [-0.2, -0.15) is 0 Å². The number of carbonyl (C=O) groups excluding carboxylic acids is 2. The highest BCUT2D eigenvalue weighted by Gasteiger charge is 2.28. The summed E-state index contributed by atoms with van der Waals surface area (Å²) in [6, 6.07) is 23.2. The molecule has 0 spiro atoms. The van der Waals surface area contributed by atoms with Crippen molar-refractivity contribution < 1.29 is 18.0 Å². The van der Waals surface area contributed by atoms with E-state index in [-0.39, 0.29) is 22.6 Å². The highest BCUT2D eigenvalue weighted by atomic mass is 32.2. The third-order valence-corrected chi connectivity index (χ3v) is 9.04. The Morgan fingerprint density at radius 1 is 0.854 bits per heavy atom. The van der Waals surface area contributed by atoms with E-state index in [1.807, 2.05) is 62.1 Å². The summed E-state index contributed by atoms with van der Waals surface area (Å²) in [4.78, 5) is 33.2. The molecule has 8 nitrogen and oxygen atoms in total. The molecule has 3 aromatic carbocycles. The van der Waals surface area contributed by atoms with Crippen LogP contribution in [0, 0.1) is 0 Å². The molecule has 1 saturated heterocycles. The number of carbonyl (C=O) groups is 2. The molecule has 0 unspecified atom stereocenters. The van der Waals surface area contributed by atoms with Gasteiger partial charge in [0.25, 0.3) is 15.9 Å². The van der Waals surface area contributed by atoms with Crippen LogP contribution in [-0.2, 0) is 14.8 Å². The number of nitrogens with zero attached hydrogens (tertiary/aromatic N) is 3. The molecule has 3 aromatic rings. The summed E-state index contributed by atoms with van der Waals surface area (Å²) in [7, 11) is -3.81. The van der Waals surface area contributed by atoms with Crippen molar-refractivity contribution in [2.24, 2.45) is 0 Å². The average molecular weight is 577 g/mol. The van der Waals surface area contributed by atoms with E-state index < -0.39 is 10.0 Å². The molecule has 9 heteroatoms. The maximum absolute atomic E-state index is 13.7. The van der Waals surface area contributed by atoms with Gasteiger partial charge in [0.1, 0.15) is 0 Å². The smallest absolute Gasteiger partial charge is 0.261 e. The lowest BCUT2D eigenvalue weighted by atomic mass is 9.95. The van der Waals surface area contributed by atoms with Gasteiger partial charge in [0.15, 0.2) is 0 Å². The van der Waals surface area contributed by atoms with Crippen molar-refractivity contribution in [2.45, 2.75) is 44.4 Å². The van der Waals surface area contributed by atoms with Gasteiger partial charge in [0.05, 0.1) is 16.4 Å². The zero-order valence-electron chi connectivity index (χ0n) is 24.1. The molecule has 1 N–H and O–H groups in total. The number of hydrogen-bond donors (Lipinski definition) is 1. The van der Waals surface area contributed by atoms with Gasteiger partial charge in [-0.1, -0.05) is 55.5 Å². The van der Waals surface area contributed by atoms with E-state index >= 15 is 0 Å². The quantitative estimate of drug-likeness (QED) is 0.358. The summed E-state index contributed by atoms with van der Waals surface area (Å²) < 4.78 is 28.6. The second-order valence-electron chi connectivity index (χ2n) is 10.2. The number of rotatable bonds is 10. The zero-order chi connectivity index (χ0) is 29.4. The second kappa shape index (κ2) is 13.7. The van der Waals surface area contributed by atoms with E-state index in [4.69, 9.17) is 0 Å². The number of benzene rings is 3. The van der Waals surface area contributed by atoms with E-state index in [0.717, 1.165) is 24.1 Å². The number of nitrogens with one attached hydrogen (secondary N) is 1. The third kappa shape index (κ3) is 7.08. The molecule has 0 aliphatic carbocycles. The van der Waals surface area contributed by atoms with E-state index in [2.05, 4.69) is 9.62 Å². The lowest BCUT2D eigenvalue weighted by Crippen LogP contribution is -2.38. The molecule has 1 atom stereocenters. The van der Waals surface area contributed by atoms with Crippen molar-refractivity contribution >= 4 is 33.2 Å². The number of hydrogen-bond acceptors (Lipinski definition) is 5. The van der Waals surface area contributed by atoms with Gasteiger partial charge >= 0.3 is 0 Å². The van der Waals surface area contributed by atoms with Crippen LogP contribution in [0.25, 0.3) is 0 Å². The van der Waals surface area contributed by atoms with Crippen molar-refractivity contribution in [2.75, 3.05) is 48.9 Å². The molecular formula is C32H40N4O4S. The molecule has 1 aliphatic heterocycles. The van der Waals surface area contributed by atoms with Crippen LogP contribution in [0.1, 0.15) is 55.5 Å². The van der Waals surface area contributed by atoms with Gasteiger partial charge in [0.2, 0.25) is 5.91 Å². The molecule has 2 amide bonds. The fraction of sp³-hybridized carbons (Fsp3) is 0.375. The molecule has 0 aromatic heterocycles. The summed E-state index contributed by atoms with van der Waals surface area (Å²) >= 11 is 0. The molecule has 1 fully saturated rings. The van der Waals surface area contributed by atoms with Gasteiger partial charge in [-0.05, 0) is 62.6 Å². The van der Waals surface area contributed by atoms with Crippen molar-refractivity contribution in [1.82, 2.24) is 9.80 Å². The molecule has 218 valence electrons. The third-order valence-electron chi connectivity index (χ3n) is 7.64. The van der Waals surface area contributed by atoms with Crippen LogP contribution in [0.15, 0.2) is 83.8 Å².